The van der Waals surface area contributed by atoms with Gasteiger partial charge in [0, 0.05) is 18.7 Å². The van der Waals surface area contributed by atoms with E-state index >= 15 is 0 Å². The molecule has 29 heavy (non-hydrogen) atoms. The lowest BCUT2D eigenvalue weighted by atomic mass is 9.98. The Balaban J connectivity index is 1.32. The van der Waals surface area contributed by atoms with E-state index in [2.05, 4.69) is 53.4 Å². The lowest BCUT2D eigenvalue weighted by molar-refractivity contribution is 0.144. The Kier molecular flexibility index (Phi) is 5.62. The Hall–Kier alpha value is -3.52. The van der Waals surface area contributed by atoms with Crippen LogP contribution in [0.5, 0.6) is 0 Å². The molecular weight excluding hydrogens is 362 g/mol. The van der Waals surface area contributed by atoms with E-state index in [1.165, 1.54) is 22.3 Å². The quantitative estimate of drug-likeness (QED) is 0.670. The van der Waals surface area contributed by atoms with Crippen LogP contribution in [0.15, 0.2) is 60.9 Å². The lowest BCUT2D eigenvalue weighted by Gasteiger charge is -2.14. The number of carbonyl (C=O) groups is 1. The molecule has 0 radical (unpaired) electrons. The number of ether oxygens (including phenoxy) is 1. The highest BCUT2D eigenvalue weighted by Gasteiger charge is 2.28. The van der Waals surface area contributed by atoms with Crippen LogP contribution in [0.3, 0.4) is 0 Å². The zero-order valence-electron chi connectivity index (χ0n) is 16.4. The van der Waals surface area contributed by atoms with Crippen molar-refractivity contribution >= 4 is 6.09 Å². The number of aryl methyl sites for hydroxylation is 1. The van der Waals surface area contributed by atoms with Crippen LogP contribution in [0, 0.1) is 11.8 Å². The summed E-state index contributed by atoms with van der Waals surface area (Å²) >= 11 is 0. The predicted molar refractivity (Wildman–Crippen MR) is 112 cm³/mol. The largest absolute Gasteiger partial charge is 0.449 e. The summed E-state index contributed by atoms with van der Waals surface area (Å²) < 4.78 is 7.36. The minimum atomic E-state index is -0.456. The summed E-state index contributed by atoms with van der Waals surface area (Å²) in [6.07, 6.45) is 4.21. The molecule has 1 N–H and O–H groups in total. The number of fused-ring (bicyclic) bond motifs is 3. The second-order valence-electron chi connectivity index (χ2n) is 6.97. The molecule has 5 nitrogen and oxygen atoms in total. The van der Waals surface area contributed by atoms with E-state index in [0.29, 0.717) is 6.61 Å². The van der Waals surface area contributed by atoms with E-state index < -0.39 is 6.09 Å². The van der Waals surface area contributed by atoms with Crippen molar-refractivity contribution in [1.29, 1.82) is 0 Å². The third kappa shape index (κ3) is 4.17. The van der Waals surface area contributed by atoms with Gasteiger partial charge in [-0.3, -0.25) is 4.68 Å². The summed E-state index contributed by atoms with van der Waals surface area (Å²) in [5, 5.41) is 6.93. The predicted octanol–water partition coefficient (Wildman–Crippen LogP) is 4.18. The minimum absolute atomic E-state index is 0.0589. The van der Waals surface area contributed by atoms with Crippen molar-refractivity contribution in [2.45, 2.75) is 25.8 Å². The Morgan fingerprint density at radius 2 is 1.83 bits per heavy atom. The summed E-state index contributed by atoms with van der Waals surface area (Å²) in [4.78, 5) is 12.1. The molecule has 0 spiro atoms. The highest BCUT2D eigenvalue weighted by Crippen LogP contribution is 2.44. The summed E-state index contributed by atoms with van der Waals surface area (Å²) in [7, 11) is 0. The molecule has 1 aliphatic rings. The van der Waals surface area contributed by atoms with Crippen LogP contribution in [0.4, 0.5) is 4.79 Å². The number of nitrogens with zero attached hydrogens (tertiary/aromatic N) is 2. The third-order valence-corrected chi connectivity index (χ3v) is 4.98. The standard InChI is InChI=1S/C24H23N3O2/c1-2-14-27-16-18(15-26-27)8-7-13-25-24(28)29-17-23-21-11-5-3-9-19(21)20-10-4-6-12-22(20)23/h3-6,9-12,15-16,23H,2,13-14,17H2,1H3,(H,25,28). The average molecular weight is 385 g/mol. The number of benzene rings is 2. The molecule has 1 aliphatic carbocycles. The van der Waals surface area contributed by atoms with Gasteiger partial charge in [-0.2, -0.15) is 5.10 Å². The molecule has 3 aromatic rings. The van der Waals surface area contributed by atoms with Crippen LogP contribution < -0.4 is 5.32 Å². The molecular formula is C24H23N3O2. The second kappa shape index (κ2) is 8.66. The number of alkyl carbamates (subject to hydrolysis) is 1. The minimum Gasteiger partial charge on any atom is -0.449 e. The highest BCUT2D eigenvalue weighted by atomic mass is 16.5. The molecule has 0 saturated heterocycles. The molecule has 0 fully saturated rings. The molecule has 1 aromatic heterocycles. The van der Waals surface area contributed by atoms with Gasteiger partial charge in [0.1, 0.15) is 6.61 Å². The molecule has 2 aromatic carbocycles. The van der Waals surface area contributed by atoms with Crippen LogP contribution >= 0.6 is 0 Å². The topological polar surface area (TPSA) is 56.2 Å². The van der Waals surface area contributed by atoms with E-state index in [4.69, 9.17) is 4.74 Å². The van der Waals surface area contributed by atoms with Gasteiger partial charge < -0.3 is 10.1 Å². The van der Waals surface area contributed by atoms with Crippen molar-refractivity contribution in [3.63, 3.8) is 0 Å². The molecule has 0 saturated carbocycles. The Morgan fingerprint density at radius 3 is 2.52 bits per heavy atom. The SMILES string of the molecule is CCCn1cc(C#CCNC(=O)OCC2c3ccccc3-c3ccccc32)cn1. The van der Waals surface area contributed by atoms with E-state index in [0.717, 1.165) is 18.5 Å². The number of rotatable bonds is 5. The molecule has 0 bridgehead atoms. The number of nitrogens with one attached hydrogen (secondary N) is 1. The van der Waals surface area contributed by atoms with Crippen LogP contribution in [-0.2, 0) is 11.3 Å². The maximum atomic E-state index is 12.1. The number of carbonyl (C=O) groups excluding carboxylic acids is 1. The van der Waals surface area contributed by atoms with E-state index in [9.17, 15) is 4.79 Å². The first-order valence-corrected chi connectivity index (χ1v) is 9.86. The molecule has 1 heterocycles. The number of hydrogen-bond donors (Lipinski definition) is 1. The molecule has 4 rings (SSSR count). The molecule has 1 amide bonds. The Labute approximate surface area is 170 Å². The molecule has 5 heteroatoms. The smallest absolute Gasteiger partial charge is 0.407 e. The van der Waals surface area contributed by atoms with Crippen molar-refractivity contribution in [1.82, 2.24) is 15.1 Å². The van der Waals surface area contributed by atoms with Gasteiger partial charge in [-0.1, -0.05) is 67.3 Å². The summed E-state index contributed by atoms with van der Waals surface area (Å²) in [5.41, 5.74) is 5.67. The highest BCUT2D eigenvalue weighted by molar-refractivity contribution is 5.79. The van der Waals surface area contributed by atoms with E-state index in [-0.39, 0.29) is 12.5 Å². The Bertz CT molecular complexity index is 1030. The first-order chi connectivity index (χ1) is 14.3. The van der Waals surface area contributed by atoms with Gasteiger partial charge in [0.15, 0.2) is 0 Å². The fourth-order valence-electron chi connectivity index (χ4n) is 3.69. The van der Waals surface area contributed by atoms with E-state index in [1.54, 1.807) is 6.20 Å². The van der Waals surface area contributed by atoms with Crippen molar-refractivity contribution < 1.29 is 9.53 Å². The molecule has 146 valence electrons. The number of amides is 1. The first kappa shape index (κ1) is 18.8. The average Bonchev–Trinajstić information content (AvgIpc) is 3.32. The summed E-state index contributed by atoms with van der Waals surface area (Å²) in [6, 6.07) is 16.6. The van der Waals surface area contributed by atoms with Crippen LogP contribution in [0.25, 0.3) is 11.1 Å². The van der Waals surface area contributed by atoms with Gasteiger partial charge in [0.25, 0.3) is 0 Å². The van der Waals surface area contributed by atoms with Gasteiger partial charge in [0.2, 0.25) is 0 Å². The van der Waals surface area contributed by atoms with Gasteiger partial charge in [-0.15, -0.1) is 0 Å². The monoisotopic (exact) mass is 385 g/mol. The van der Waals surface area contributed by atoms with Crippen molar-refractivity contribution in [3.05, 3.63) is 77.6 Å². The van der Waals surface area contributed by atoms with Gasteiger partial charge in [0.05, 0.1) is 18.3 Å². The first-order valence-electron chi connectivity index (χ1n) is 9.86. The third-order valence-electron chi connectivity index (χ3n) is 4.98. The second-order valence-corrected chi connectivity index (χ2v) is 6.97. The van der Waals surface area contributed by atoms with Gasteiger partial charge in [-0.05, 0) is 28.7 Å². The maximum Gasteiger partial charge on any atom is 0.407 e. The zero-order chi connectivity index (χ0) is 20.1. The van der Waals surface area contributed by atoms with Crippen molar-refractivity contribution in [2.24, 2.45) is 0 Å². The fourth-order valence-corrected chi connectivity index (χ4v) is 3.69. The lowest BCUT2D eigenvalue weighted by Crippen LogP contribution is -2.26. The van der Waals surface area contributed by atoms with Crippen molar-refractivity contribution in [2.75, 3.05) is 13.2 Å². The number of aromatic nitrogens is 2. The van der Waals surface area contributed by atoms with Crippen LogP contribution in [0.2, 0.25) is 0 Å². The van der Waals surface area contributed by atoms with Gasteiger partial charge in [-0.25, -0.2) is 4.79 Å². The number of hydrogen-bond acceptors (Lipinski definition) is 3. The molecule has 0 unspecified atom stereocenters. The Morgan fingerprint density at radius 1 is 1.14 bits per heavy atom. The van der Waals surface area contributed by atoms with Crippen LogP contribution in [0.1, 0.15) is 36.0 Å². The summed E-state index contributed by atoms with van der Waals surface area (Å²) in [6.45, 7) is 3.51. The molecule has 0 aliphatic heterocycles. The summed E-state index contributed by atoms with van der Waals surface area (Å²) in [5.74, 6) is 5.99. The van der Waals surface area contributed by atoms with E-state index in [1.807, 2.05) is 35.1 Å². The van der Waals surface area contributed by atoms with Gasteiger partial charge >= 0.3 is 6.09 Å². The maximum absolute atomic E-state index is 12.1. The molecule has 0 atom stereocenters. The zero-order valence-corrected chi connectivity index (χ0v) is 16.4. The normalized spacial score (nSPS) is 11.9. The fraction of sp³-hybridized carbons (Fsp3) is 0.250. The van der Waals surface area contributed by atoms with Crippen LogP contribution in [-0.4, -0.2) is 29.0 Å². The van der Waals surface area contributed by atoms with Crippen molar-refractivity contribution in [3.8, 4) is 23.0 Å².